The summed E-state index contributed by atoms with van der Waals surface area (Å²) in [4.78, 5) is 18.4. The van der Waals surface area contributed by atoms with Crippen molar-refractivity contribution < 1.29 is 19.0 Å². The van der Waals surface area contributed by atoms with Gasteiger partial charge in [0.15, 0.2) is 0 Å². The monoisotopic (exact) mass is 520 g/mol. The normalized spacial score (nSPS) is 18.9. The van der Waals surface area contributed by atoms with Crippen LogP contribution in [-0.2, 0) is 11.2 Å². The fourth-order valence-electron chi connectivity index (χ4n) is 5.98. The fraction of sp³-hybridized carbons (Fsp3) is 0.500. The zero-order chi connectivity index (χ0) is 26.9. The number of pyridine rings is 1. The number of benzene rings is 2. The topological polar surface area (TPSA) is 62.7 Å². The van der Waals surface area contributed by atoms with E-state index in [1.165, 1.54) is 24.0 Å². The molecule has 1 aliphatic heterocycles. The molecule has 3 atom stereocenters. The molecule has 6 heteroatoms. The molecule has 0 bridgehead atoms. The SMILES string of the molecule is COc1ccc2nccc(C(F)CC[C@@H]3CCN(CCCCCc4ccccc4C)C[C@@H]3CC(=O)O)c2c1. The molecule has 1 aromatic heterocycles. The van der Waals surface area contributed by atoms with Gasteiger partial charge in [-0.25, -0.2) is 4.39 Å². The highest BCUT2D eigenvalue weighted by atomic mass is 19.1. The van der Waals surface area contributed by atoms with Gasteiger partial charge in [-0.15, -0.1) is 0 Å². The Bertz CT molecular complexity index is 1200. The van der Waals surface area contributed by atoms with Gasteiger partial charge in [-0.1, -0.05) is 30.7 Å². The number of piperidine rings is 1. The lowest BCUT2D eigenvalue weighted by molar-refractivity contribution is -0.139. The number of carbonyl (C=O) groups is 1. The predicted octanol–water partition coefficient (Wildman–Crippen LogP) is 7.17. The maximum atomic E-state index is 15.5. The molecule has 0 saturated carbocycles. The van der Waals surface area contributed by atoms with E-state index in [9.17, 15) is 9.90 Å². The quantitative estimate of drug-likeness (QED) is 0.242. The number of aryl methyl sites for hydroxylation is 2. The van der Waals surface area contributed by atoms with E-state index in [0.717, 1.165) is 49.8 Å². The van der Waals surface area contributed by atoms with Crippen molar-refractivity contribution in [3.63, 3.8) is 0 Å². The summed E-state index contributed by atoms with van der Waals surface area (Å²) in [5, 5.41) is 10.3. The van der Waals surface area contributed by atoms with E-state index < -0.39 is 12.1 Å². The lowest BCUT2D eigenvalue weighted by Gasteiger charge is -2.38. The second-order valence-electron chi connectivity index (χ2n) is 10.8. The first kappa shape index (κ1) is 28.0. The fourth-order valence-corrected chi connectivity index (χ4v) is 5.98. The highest BCUT2D eigenvalue weighted by molar-refractivity contribution is 5.83. The van der Waals surface area contributed by atoms with Crippen molar-refractivity contribution in [3.8, 4) is 5.75 Å². The Morgan fingerprint density at radius 1 is 1.16 bits per heavy atom. The first-order chi connectivity index (χ1) is 18.4. The van der Waals surface area contributed by atoms with Crippen molar-refractivity contribution in [2.24, 2.45) is 11.8 Å². The molecule has 0 aliphatic carbocycles. The van der Waals surface area contributed by atoms with Crippen LogP contribution in [0.15, 0.2) is 54.7 Å². The van der Waals surface area contributed by atoms with Gasteiger partial charge >= 0.3 is 5.97 Å². The minimum absolute atomic E-state index is 0.0645. The Kier molecular flexibility index (Phi) is 10.1. The molecule has 5 nitrogen and oxygen atoms in total. The number of carboxylic acids is 1. The van der Waals surface area contributed by atoms with Crippen LogP contribution in [0.5, 0.6) is 5.75 Å². The summed E-state index contributed by atoms with van der Waals surface area (Å²) in [5.74, 6) is 0.214. The molecule has 0 spiro atoms. The van der Waals surface area contributed by atoms with Gasteiger partial charge in [0.2, 0.25) is 0 Å². The number of fused-ring (bicyclic) bond motifs is 1. The van der Waals surface area contributed by atoms with E-state index in [-0.39, 0.29) is 18.3 Å². The molecule has 1 N–H and O–H groups in total. The van der Waals surface area contributed by atoms with E-state index in [1.54, 1.807) is 19.4 Å². The number of hydrogen-bond donors (Lipinski definition) is 1. The summed E-state index contributed by atoms with van der Waals surface area (Å²) in [5.41, 5.74) is 4.17. The molecular weight excluding hydrogens is 479 g/mol. The molecule has 4 rings (SSSR count). The number of rotatable bonds is 13. The smallest absolute Gasteiger partial charge is 0.303 e. The number of carboxylic acid groups (broad SMARTS) is 1. The third kappa shape index (κ3) is 7.53. The van der Waals surface area contributed by atoms with Gasteiger partial charge in [0.05, 0.1) is 12.6 Å². The van der Waals surface area contributed by atoms with Crippen LogP contribution in [0.3, 0.4) is 0 Å². The van der Waals surface area contributed by atoms with Crippen LogP contribution in [0, 0.1) is 18.8 Å². The van der Waals surface area contributed by atoms with E-state index in [1.807, 2.05) is 18.2 Å². The summed E-state index contributed by atoms with van der Waals surface area (Å²) in [6, 6.07) is 15.9. The van der Waals surface area contributed by atoms with Crippen molar-refractivity contribution in [1.82, 2.24) is 9.88 Å². The number of hydrogen-bond acceptors (Lipinski definition) is 4. The van der Waals surface area contributed by atoms with Crippen molar-refractivity contribution in [2.45, 2.75) is 64.5 Å². The average Bonchev–Trinajstić information content (AvgIpc) is 2.92. The molecule has 0 amide bonds. The van der Waals surface area contributed by atoms with Gasteiger partial charge in [0, 0.05) is 24.5 Å². The van der Waals surface area contributed by atoms with Crippen LogP contribution >= 0.6 is 0 Å². The van der Waals surface area contributed by atoms with E-state index >= 15 is 4.39 Å². The zero-order valence-corrected chi connectivity index (χ0v) is 22.7. The lowest BCUT2D eigenvalue weighted by atomic mass is 9.79. The van der Waals surface area contributed by atoms with Crippen LogP contribution < -0.4 is 4.74 Å². The summed E-state index contributed by atoms with van der Waals surface area (Å²) >= 11 is 0. The Morgan fingerprint density at radius 3 is 2.79 bits per heavy atom. The van der Waals surface area contributed by atoms with Gasteiger partial charge in [-0.2, -0.15) is 0 Å². The van der Waals surface area contributed by atoms with Gasteiger partial charge in [-0.05, 0) is 111 Å². The molecular formula is C32H41FN2O3. The average molecular weight is 521 g/mol. The van der Waals surface area contributed by atoms with Crippen molar-refractivity contribution >= 4 is 16.9 Å². The maximum absolute atomic E-state index is 15.5. The van der Waals surface area contributed by atoms with Crippen LogP contribution in [-0.4, -0.2) is 47.7 Å². The molecule has 1 unspecified atom stereocenters. The second kappa shape index (κ2) is 13.7. The number of ether oxygens (including phenoxy) is 1. The highest BCUT2D eigenvalue weighted by Crippen LogP contribution is 2.36. The first-order valence-electron chi connectivity index (χ1n) is 14.0. The number of likely N-dealkylation sites (tertiary alicyclic amines) is 1. The number of alkyl halides is 1. The predicted molar refractivity (Wildman–Crippen MR) is 150 cm³/mol. The number of methoxy groups -OCH3 is 1. The third-order valence-electron chi connectivity index (χ3n) is 8.20. The zero-order valence-electron chi connectivity index (χ0n) is 22.7. The Hall–Kier alpha value is -2.99. The number of unbranched alkanes of at least 4 members (excludes halogenated alkanes) is 2. The van der Waals surface area contributed by atoms with Crippen LogP contribution in [0.4, 0.5) is 4.39 Å². The van der Waals surface area contributed by atoms with Crippen LogP contribution in [0.25, 0.3) is 10.9 Å². The van der Waals surface area contributed by atoms with E-state index in [0.29, 0.717) is 24.2 Å². The molecule has 3 aromatic rings. The summed E-state index contributed by atoms with van der Waals surface area (Å²) in [6.45, 7) is 4.93. The van der Waals surface area contributed by atoms with Crippen molar-refractivity contribution in [2.75, 3.05) is 26.7 Å². The number of aliphatic carboxylic acids is 1. The number of halogens is 1. The standard InChI is InChI=1S/C32H41FN2O3/c1-23-8-5-6-10-24(23)9-4-3-7-18-35-19-16-25(26(22-35)20-32(36)37)11-13-30(33)28-15-17-34-31-14-12-27(38-2)21-29(28)31/h5-6,8,10,12,14-15,17,21,25-26,30H,3-4,7,9,11,13,16,18-20,22H2,1-2H3,(H,36,37)/t25-,26+,30?/m1/s1. The number of nitrogens with zero attached hydrogens (tertiary/aromatic N) is 2. The van der Waals surface area contributed by atoms with Crippen LogP contribution in [0.1, 0.15) is 67.8 Å². The summed E-state index contributed by atoms with van der Waals surface area (Å²) < 4.78 is 20.8. The highest BCUT2D eigenvalue weighted by Gasteiger charge is 2.31. The molecule has 1 aliphatic rings. The lowest BCUT2D eigenvalue weighted by Crippen LogP contribution is -2.41. The van der Waals surface area contributed by atoms with Gasteiger partial charge < -0.3 is 14.7 Å². The number of aromatic nitrogens is 1. The van der Waals surface area contributed by atoms with Crippen LogP contribution in [0.2, 0.25) is 0 Å². The minimum Gasteiger partial charge on any atom is -0.497 e. The Morgan fingerprint density at radius 2 is 2.00 bits per heavy atom. The van der Waals surface area contributed by atoms with E-state index in [4.69, 9.17) is 4.74 Å². The molecule has 1 fully saturated rings. The van der Waals surface area contributed by atoms with Crippen molar-refractivity contribution in [1.29, 1.82) is 0 Å². The molecule has 204 valence electrons. The van der Waals surface area contributed by atoms with Crippen molar-refractivity contribution in [3.05, 3.63) is 71.4 Å². The molecule has 2 aromatic carbocycles. The third-order valence-corrected chi connectivity index (χ3v) is 8.20. The van der Waals surface area contributed by atoms with Gasteiger partial charge in [-0.3, -0.25) is 9.78 Å². The molecule has 2 heterocycles. The Labute approximate surface area is 226 Å². The molecule has 1 saturated heterocycles. The summed E-state index contributed by atoms with van der Waals surface area (Å²) in [6.07, 6.45) is 7.28. The van der Waals surface area contributed by atoms with Gasteiger partial charge in [0.1, 0.15) is 11.9 Å². The first-order valence-corrected chi connectivity index (χ1v) is 14.0. The second-order valence-corrected chi connectivity index (χ2v) is 10.8. The molecule has 38 heavy (non-hydrogen) atoms. The largest absolute Gasteiger partial charge is 0.497 e. The van der Waals surface area contributed by atoms with E-state index in [2.05, 4.69) is 41.1 Å². The minimum atomic E-state index is -1.12. The maximum Gasteiger partial charge on any atom is 0.303 e. The van der Waals surface area contributed by atoms with Gasteiger partial charge in [0.25, 0.3) is 0 Å². The summed E-state index contributed by atoms with van der Waals surface area (Å²) in [7, 11) is 1.60. The Balaban J connectivity index is 1.28. The molecule has 0 radical (unpaired) electrons.